The minimum Gasteiger partial charge on any atom is -0.503 e. The molecule has 1 fully saturated rings. The maximum absolute atomic E-state index is 12.5. The van der Waals surface area contributed by atoms with Crippen LogP contribution in [0.1, 0.15) is 31.4 Å². The lowest BCUT2D eigenvalue weighted by Gasteiger charge is -2.29. The summed E-state index contributed by atoms with van der Waals surface area (Å²) in [5, 5.41) is 11.0. The number of aliphatic hydroxyl groups excluding tert-OH is 1. The number of ether oxygens (including phenoxy) is 1. The van der Waals surface area contributed by atoms with E-state index < -0.39 is 17.7 Å². The molecule has 1 amide bonds. The number of nitrogens with zero attached hydrogens (tertiary/aromatic N) is 1. The van der Waals surface area contributed by atoms with Gasteiger partial charge < -0.3 is 14.7 Å². The van der Waals surface area contributed by atoms with Crippen LogP contribution in [0.15, 0.2) is 29.5 Å². The molecule has 5 nitrogen and oxygen atoms in total. The van der Waals surface area contributed by atoms with Crippen LogP contribution in [0, 0.1) is 0 Å². The number of amides is 1. The number of carbonyl (C=O) groups is 2. The Morgan fingerprint density at radius 2 is 2.17 bits per heavy atom. The number of hydrogen-bond donors (Lipinski definition) is 1. The first-order valence-electron chi connectivity index (χ1n) is 7.71. The van der Waals surface area contributed by atoms with Crippen molar-refractivity contribution in [2.24, 2.45) is 0 Å². The van der Waals surface area contributed by atoms with Crippen molar-refractivity contribution in [1.29, 1.82) is 0 Å². The summed E-state index contributed by atoms with van der Waals surface area (Å²) in [6, 6.07) is 4.14. The molecular formula is C17H17Cl2NO4. The standard InChI is InChI=1S/C17H17Cl2NO4/c1-9(21)14-15(12-5-4-10(18)7-13(12)19)20(17(23)16(14)22)8-11-3-2-6-24-11/h4-5,7,11,15,22H,2-3,6,8H2,1H3. The molecule has 2 atom stereocenters. The number of aliphatic hydroxyl groups is 1. The second-order valence-electron chi connectivity index (χ2n) is 5.98. The molecule has 0 bridgehead atoms. The number of benzene rings is 1. The second-order valence-corrected chi connectivity index (χ2v) is 6.82. The molecule has 2 aliphatic rings. The van der Waals surface area contributed by atoms with Crippen molar-refractivity contribution in [3.63, 3.8) is 0 Å². The summed E-state index contributed by atoms with van der Waals surface area (Å²) in [7, 11) is 0. The first-order valence-corrected chi connectivity index (χ1v) is 8.47. The van der Waals surface area contributed by atoms with E-state index in [9.17, 15) is 14.7 Å². The highest BCUT2D eigenvalue weighted by Crippen LogP contribution is 2.41. The van der Waals surface area contributed by atoms with E-state index in [4.69, 9.17) is 27.9 Å². The van der Waals surface area contributed by atoms with Gasteiger partial charge in [-0.05, 0) is 37.5 Å². The molecule has 128 valence electrons. The van der Waals surface area contributed by atoms with Crippen molar-refractivity contribution in [3.8, 4) is 0 Å². The summed E-state index contributed by atoms with van der Waals surface area (Å²) >= 11 is 12.2. The molecule has 0 spiro atoms. The summed E-state index contributed by atoms with van der Waals surface area (Å²) < 4.78 is 5.59. The van der Waals surface area contributed by atoms with Crippen molar-refractivity contribution >= 4 is 34.9 Å². The van der Waals surface area contributed by atoms with E-state index in [1.165, 1.54) is 11.8 Å². The van der Waals surface area contributed by atoms with Gasteiger partial charge >= 0.3 is 0 Å². The molecule has 1 aromatic carbocycles. The zero-order valence-electron chi connectivity index (χ0n) is 13.1. The van der Waals surface area contributed by atoms with Crippen LogP contribution in [-0.2, 0) is 14.3 Å². The van der Waals surface area contributed by atoms with Gasteiger partial charge in [-0.3, -0.25) is 9.59 Å². The number of ketones is 1. The molecule has 0 saturated carbocycles. The average molecular weight is 370 g/mol. The Labute approximate surface area is 149 Å². The van der Waals surface area contributed by atoms with E-state index in [1.54, 1.807) is 18.2 Å². The predicted molar refractivity (Wildman–Crippen MR) is 90.2 cm³/mol. The van der Waals surface area contributed by atoms with Crippen LogP contribution in [0.2, 0.25) is 10.0 Å². The minimum atomic E-state index is -0.732. The van der Waals surface area contributed by atoms with E-state index in [1.807, 2.05) is 0 Å². The lowest BCUT2D eigenvalue weighted by molar-refractivity contribution is -0.131. The highest BCUT2D eigenvalue weighted by Gasteiger charge is 2.44. The Hall–Kier alpha value is -1.56. The quantitative estimate of drug-likeness (QED) is 0.882. The molecule has 2 aliphatic heterocycles. The first-order chi connectivity index (χ1) is 11.4. The summed E-state index contributed by atoms with van der Waals surface area (Å²) in [5.41, 5.74) is 0.615. The van der Waals surface area contributed by atoms with Gasteiger partial charge in [0.2, 0.25) is 0 Å². The smallest absolute Gasteiger partial charge is 0.290 e. The van der Waals surface area contributed by atoms with Gasteiger partial charge in [-0.15, -0.1) is 0 Å². The van der Waals surface area contributed by atoms with Gasteiger partial charge in [-0.25, -0.2) is 0 Å². The maximum Gasteiger partial charge on any atom is 0.290 e. The Balaban J connectivity index is 2.03. The molecule has 3 rings (SSSR count). The van der Waals surface area contributed by atoms with E-state index >= 15 is 0 Å². The Morgan fingerprint density at radius 1 is 1.42 bits per heavy atom. The van der Waals surface area contributed by atoms with Gasteiger partial charge in [0.15, 0.2) is 11.5 Å². The van der Waals surface area contributed by atoms with E-state index in [0.717, 1.165) is 12.8 Å². The van der Waals surface area contributed by atoms with Gasteiger partial charge in [-0.2, -0.15) is 0 Å². The van der Waals surface area contributed by atoms with Crippen LogP contribution >= 0.6 is 23.2 Å². The highest BCUT2D eigenvalue weighted by atomic mass is 35.5. The van der Waals surface area contributed by atoms with Crippen molar-refractivity contribution in [1.82, 2.24) is 4.90 Å². The fourth-order valence-electron chi connectivity index (χ4n) is 3.26. The third kappa shape index (κ3) is 3.04. The fraction of sp³-hybridized carbons (Fsp3) is 0.412. The zero-order valence-corrected chi connectivity index (χ0v) is 14.6. The average Bonchev–Trinajstić information content (AvgIpc) is 3.10. The highest BCUT2D eigenvalue weighted by molar-refractivity contribution is 6.35. The van der Waals surface area contributed by atoms with Crippen molar-refractivity contribution < 1.29 is 19.4 Å². The van der Waals surface area contributed by atoms with E-state index in [-0.39, 0.29) is 17.5 Å². The molecule has 2 unspecified atom stereocenters. The maximum atomic E-state index is 12.5. The molecule has 0 aromatic heterocycles. The van der Waals surface area contributed by atoms with Crippen molar-refractivity contribution in [2.75, 3.05) is 13.2 Å². The van der Waals surface area contributed by atoms with Gasteiger partial charge in [-0.1, -0.05) is 29.3 Å². The normalized spacial score (nSPS) is 24.1. The zero-order chi connectivity index (χ0) is 17.4. The predicted octanol–water partition coefficient (Wildman–Crippen LogP) is 3.46. The third-order valence-corrected chi connectivity index (χ3v) is 4.93. The van der Waals surface area contributed by atoms with Crippen molar-refractivity contribution in [3.05, 3.63) is 45.1 Å². The summed E-state index contributed by atoms with van der Waals surface area (Å²) in [6.45, 7) is 2.27. The SMILES string of the molecule is CC(=O)C1=C(O)C(=O)N(CC2CCCO2)C1c1ccc(Cl)cc1Cl. The third-order valence-electron chi connectivity index (χ3n) is 4.36. The van der Waals surface area contributed by atoms with Crippen LogP contribution in [-0.4, -0.2) is 41.0 Å². The van der Waals surface area contributed by atoms with Gasteiger partial charge in [0.05, 0.1) is 17.7 Å². The summed E-state index contributed by atoms with van der Waals surface area (Å²) in [4.78, 5) is 26.0. The lowest BCUT2D eigenvalue weighted by atomic mass is 9.96. The van der Waals surface area contributed by atoms with Crippen LogP contribution in [0.5, 0.6) is 0 Å². The number of rotatable bonds is 4. The van der Waals surface area contributed by atoms with E-state index in [0.29, 0.717) is 28.8 Å². The molecule has 0 aliphatic carbocycles. The number of hydrogen-bond acceptors (Lipinski definition) is 4. The minimum absolute atomic E-state index is 0.0576. The van der Waals surface area contributed by atoms with Crippen molar-refractivity contribution in [2.45, 2.75) is 31.9 Å². The van der Waals surface area contributed by atoms with Gasteiger partial charge in [0, 0.05) is 23.2 Å². The van der Waals surface area contributed by atoms with E-state index in [2.05, 4.69) is 0 Å². The lowest BCUT2D eigenvalue weighted by Crippen LogP contribution is -2.37. The second kappa shape index (κ2) is 6.75. The Bertz CT molecular complexity index is 725. The number of halogens is 2. The molecule has 1 aromatic rings. The topological polar surface area (TPSA) is 66.8 Å². The number of carbonyl (C=O) groups excluding carboxylic acids is 2. The monoisotopic (exact) mass is 369 g/mol. The molecule has 24 heavy (non-hydrogen) atoms. The summed E-state index contributed by atoms with van der Waals surface area (Å²) in [6.07, 6.45) is 1.65. The van der Waals surface area contributed by atoms with Crippen LogP contribution in [0.3, 0.4) is 0 Å². The molecule has 1 N–H and O–H groups in total. The fourth-order valence-corrected chi connectivity index (χ4v) is 3.77. The molecule has 7 heteroatoms. The molecule has 2 heterocycles. The van der Waals surface area contributed by atoms with Gasteiger partial charge in [0.1, 0.15) is 0 Å². The Morgan fingerprint density at radius 3 is 2.75 bits per heavy atom. The Kier molecular flexibility index (Phi) is 4.85. The molecular weight excluding hydrogens is 353 g/mol. The number of Topliss-reactive ketones (excluding diaryl/α,β-unsaturated/α-hetero) is 1. The van der Waals surface area contributed by atoms with Crippen LogP contribution in [0.4, 0.5) is 0 Å². The first kappa shape index (κ1) is 17.3. The summed E-state index contributed by atoms with van der Waals surface area (Å²) in [5.74, 6) is -1.46. The van der Waals surface area contributed by atoms with Gasteiger partial charge in [0.25, 0.3) is 5.91 Å². The largest absolute Gasteiger partial charge is 0.503 e. The molecule has 1 saturated heterocycles. The molecule has 0 radical (unpaired) electrons. The van der Waals surface area contributed by atoms with Crippen LogP contribution < -0.4 is 0 Å². The van der Waals surface area contributed by atoms with Crippen LogP contribution in [0.25, 0.3) is 0 Å².